The minimum absolute atomic E-state index is 0.00475. The van der Waals surface area contributed by atoms with E-state index in [9.17, 15) is 34.2 Å². The van der Waals surface area contributed by atoms with Crippen LogP contribution in [-0.4, -0.2) is 133 Å². The van der Waals surface area contributed by atoms with Crippen LogP contribution in [0.4, 0.5) is 4.79 Å². The predicted octanol–water partition coefficient (Wildman–Crippen LogP) is 4.59. The highest BCUT2D eigenvalue weighted by atomic mass is 35.5. The lowest BCUT2D eigenvalue weighted by Crippen LogP contribution is -2.60. The molecule has 17 heteroatoms. The first-order valence-corrected chi connectivity index (χ1v) is 20.8. The summed E-state index contributed by atoms with van der Waals surface area (Å²) in [6.45, 7) is 12.5. The molecule has 13 atom stereocenters. The number of aliphatic hydroxyl groups excluding tert-OH is 1. The van der Waals surface area contributed by atoms with Gasteiger partial charge in [0.2, 0.25) is 5.91 Å². The maximum absolute atomic E-state index is 14.4. The molecule has 4 N–H and O–H groups in total. The minimum atomic E-state index is -2.12. The molecule has 0 spiro atoms. The highest BCUT2D eigenvalue weighted by molar-refractivity contribution is 6.35. The summed E-state index contributed by atoms with van der Waals surface area (Å²) in [5.41, 5.74) is -2.92. The normalized spacial score (nSPS) is 35.3. The number of halogens is 2. The van der Waals surface area contributed by atoms with Crippen LogP contribution in [0.25, 0.3) is 6.08 Å². The molecule has 0 radical (unpaired) electrons. The molecule has 0 aliphatic carbocycles. The minimum Gasteiger partial charge on any atom is -0.459 e. The van der Waals surface area contributed by atoms with E-state index in [1.807, 2.05) is 25.9 Å². The number of nitrogens with zero attached hydrogens (tertiary/aromatic N) is 1. The molecule has 15 nitrogen and oxygen atoms in total. The summed E-state index contributed by atoms with van der Waals surface area (Å²) in [6, 6.07) is 4.51. The van der Waals surface area contributed by atoms with Crippen molar-refractivity contribution in [3.8, 4) is 0 Å². The number of methoxy groups -OCH3 is 1. The van der Waals surface area contributed by atoms with E-state index in [1.165, 1.54) is 40.0 Å². The lowest BCUT2D eigenvalue weighted by atomic mass is 9.74. The van der Waals surface area contributed by atoms with Gasteiger partial charge in [0.15, 0.2) is 12.1 Å². The van der Waals surface area contributed by atoms with Crippen molar-refractivity contribution >= 4 is 58.8 Å². The second kappa shape index (κ2) is 21.6. The van der Waals surface area contributed by atoms with Gasteiger partial charge in [0.05, 0.1) is 23.7 Å². The third-order valence-corrected chi connectivity index (χ3v) is 12.1. The summed E-state index contributed by atoms with van der Waals surface area (Å²) in [5, 5.41) is 29.4. The first-order valence-electron chi connectivity index (χ1n) is 20.0. The van der Waals surface area contributed by atoms with Gasteiger partial charge in [0.25, 0.3) is 0 Å². The van der Waals surface area contributed by atoms with Crippen molar-refractivity contribution in [3.63, 3.8) is 0 Å². The van der Waals surface area contributed by atoms with E-state index in [0.29, 0.717) is 22.0 Å². The second-order valence-corrected chi connectivity index (χ2v) is 17.3. The first-order chi connectivity index (χ1) is 27.5. The fourth-order valence-electron chi connectivity index (χ4n) is 8.01. The maximum Gasteiger partial charge on any atom is 0.407 e. The number of benzene rings is 1. The van der Waals surface area contributed by atoms with Crippen molar-refractivity contribution in [3.05, 3.63) is 39.9 Å². The SMILES string of the molecule is CC[C@H]1OC(=O)[C@H](C)C(=O)[C@H](C)[C@@H](O[C@@H]2O[C@H](C)C[C@H](N(C)C)[C@H]2O)[C@](C)(OC)C[C@@H](C)C(=O)[C@H](C)[C@@H](OC(=O)NCCNC(=O)/C=C/c2ccc(Cl)cc2Cl)[C@]1(C)O. The molecule has 0 saturated carbocycles. The van der Waals surface area contributed by atoms with Gasteiger partial charge in [0, 0.05) is 54.2 Å². The molecule has 2 amide bonds. The summed E-state index contributed by atoms with van der Waals surface area (Å²) < 4.78 is 30.2. The first kappa shape index (κ1) is 50.2. The quantitative estimate of drug-likeness (QED) is 0.104. The molecule has 0 aromatic heterocycles. The van der Waals surface area contributed by atoms with E-state index in [1.54, 1.807) is 45.9 Å². The maximum atomic E-state index is 14.4. The average Bonchev–Trinajstić information content (AvgIpc) is 3.18. The van der Waals surface area contributed by atoms with Gasteiger partial charge in [-0.3, -0.25) is 19.2 Å². The third kappa shape index (κ3) is 12.7. The lowest BCUT2D eigenvalue weighted by molar-refractivity contribution is -0.295. The van der Waals surface area contributed by atoms with Crippen LogP contribution in [0.1, 0.15) is 80.2 Å². The number of nitrogens with one attached hydrogen (secondary N) is 2. The molecule has 3 rings (SSSR count). The zero-order valence-electron chi connectivity index (χ0n) is 36.0. The lowest BCUT2D eigenvalue weighted by Gasteiger charge is -2.47. The molecule has 2 heterocycles. The number of carbonyl (C=O) groups is 5. The number of aliphatic hydroxyl groups is 2. The molecular weight excluding hydrogens is 809 g/mol. The number of ether oxygens (including phenoxy) is 5. The standard InChI is InChI=1S/C42H63Cl2N3O12/c1-12-31-42(8,54)37(59-40(53)46-18-17-45-32(48)16-14-27-13-15-28(43)20-29(27)44)24(4)33(49)22(2)21-41(7,55-11)36(25(5)34(50)26(6)38(52)57-31)58-39-35(51)30(47(9)10)19-23(3)56-39/h13-16,20,22-26,30-31,35-37,39,51,54H,12,17-19,21H2,1-11H3,(H,45,48)(H,46,53)/b16-14+/t22-,23-,24+,25+,26-,30+,31-,35-,36-,37-,39+,41-,42-/m1/s1. The number of esters is 1. The van der Waals surface area contributed by atoms with Gasteiger partial charge in [-0.15, -0.1) is 0 Å². The van der Waals surface area contributed by atoms with E-state index in [4.69, 9.17) is 46.9 Å². The molecule has 1 aromatic rings. The zero-order chi connectivity index (χ0) is 44.6. The van der Waals surface area contributed by atoms with Gasteiger partial charge >= 0.3 is 12.1 Å². The Morgan fingerprint density at radius 2 is 1.63 bits per heavy atom. The van der Waals surface area contributed by atoms with E-state index in [0.717, 1.165) is 0 Å². The Kier molecular flexibility index (Phi) is 18.4. The molecule has 1 aromatic carbocycles. The molecule has 59 heavy (non-hydrogen) atoms. The zero-order valence-corrected chi connectivity index (χ0v) is 37.5. The topological polar surface area (TPSA) is 199 Å². The van der Waals surface area contributed by atoms with Crippen molar-refractivity contribution in [2.45, 2.75) is 129 Å². The number of likely N-dealkylation sites (N-methyl/N-ethyl adjacent to an activating group) is 1. The number of ketones is 2. The fourth-order valence-corrected chi connectivity index (χ4v) is 8.48. The molecular formula is C42H63Cl2N3O12. The third-order valence-electron chi connectivity index (χ3n) is 11.6. The highest BCUT2D eigenvalue weighted by Crippen LogP contribution is 2.39. The number of hydrogen-bond donors (Lipinski definition) is 4. The highest BCUT2D eigenvalue weighted by Gasteiger charge is 2.53. The number of cyclic esters (lactones) is 1. The molecule has 2 fully saturated rings. The average molecular weight is 873 g/mol. The van der Waals surface area contributed by atoms with Crippen molar-refractivity contribution < 1.29 is 57.9 Å². The van der Waals surface area contributed by atoms with Gasteiger partial charge < -0.3 is 49.4 Å². The van der Waals surface area contributed by atoms with E-state index >= 15 is 0 Å². The van der Waals surface area contributed by atoms with E-state index in [-0.39, 0.29) is 38.1 Å². The number of rotatable bonds is 11. The molecule has 2 aliphatic rings. The van der Waals surface area contributed by atoms with Crippen LogP contribution in [-0.2, 0) is 42.9 Å². The monoisotopic (exact) mass is 871 g/mol. The Morgan fingerprint density at radius 3 is 2.22 bits per heavy atom. The van der Waals surface area contributed by atoms with Crippen LogP contribution in [0, 0.1) is 23.7 Å². The Labute approximate surface area is 357 Å². The Hall–Kier alpha value is -3.15. The van der Waals surface area contributed by atoms with Crippen molar-refractivity contribution in [1.82, 2.24) is 15.5 Å². The number of amides is 2. The molecule has 332 valence electrons. The largest absolute Gasteiger partial charge is 0.459 e. The van der Waals surface area contributed by atoms with Crippen LogP contribution in [0.15, 0.2) is 24.3 Å². The van der Waals surface area contributed by atoms with Gasteiger partial charge in [-0.1, -0.05) is 57.0 Å². The molecule has 2 saturated heterocycles. The number of Topliss-reactive ketones (excluding diaryl/α,β-unsaturated/α-hetero) is 2. The number of alkyl carbamates (subject to hydrolysis) is 1. The number of carbonyl (C=O) groups excluding carboxylic acids is 5. The Morgan fingerprint density at radius 1 is 1.00 bits per heavy atom. The second-order valence-electron chi connectivity index (χ2n) is 16.5. The van der Waals surface area contributed by atoms with E-state index in [2.05, 4.69) is 10.6 Å². The van der Waals surface area contributed by atoms with Crippen LogP contribution in [0.5, 0.6) is 0 Å². The Balaban J connectivity index is 1.89. The van der Waals surface area contributed by atoms with Gasteiger partial charge in [-0.2, -0.15) is 0 Å². The number of hydrogen-bond acceptors (Lipinski definition) is 13. The van der Waals surface area contributed by atoms with Crippen LogP contribution >= 0.6 is 23.2 Å². The molecule has 0 unspecified atom stereocenters. The van der Waals surface area contributed by atoms with Gasteiger partial charge in [0.1, 0.15) is 35.6 Å². The smallest absolute Gasteiger partial charge is 0.407 e. The fraction of sp³-hybridized carbons (Fsp3) is 0.690. The molecule has 2 aliphatic heterocycles. The van der Waals surface area contributed by atoms with Crippen LogP contribution < -0.4 is 10.6 Å². The summed E-state index contributed by atoms with van der Waals surface area (Å²) in [4.78, 5) is 69.8. The summed E-state index contributed by atoms with van der Waals surface area (Å²) >= 11 is 12.1. The van der Waals surface area contributed by atoms with Gasteiger partial charge in [-0.25, -0.2) is 4.79 Å². The van der Waals surface area contributed by atoms with Crippen LogP contribution in [0.3, 0.4) is 0 Å². The van der Waals surface area contributed by atoms with Crippen LogP contribution in [0.2, 0.25) is 10.0 Å². The predicted molar refractivity (Wildman–Crippen MR) is 222 cm³/mol. The van der Waals surface area contributed by atoms with Gasteiger partial charge in [-0.05, 0) is 84.8 Å². The molecule has 0 bridgehead atoms. The summed E-state index contributed by atoms with van der Waals surface area (Å²) in [5.74, 6) is -6.76. The van der Waals surface area contributed by atoms with Crippen molar-refractivity contribution in [2.24, 2.45) is 23.7 Å². The summed E-state index contributed by atoms with van der Waals surface area (Å²) in [6.07, 6.45) is -4.28. The van der Waals surface area contributed by atoms with E-state index < -0.39 is 95.1 Å². The van der Waals surface area contributed by atoms with Crippen molar-refractivity contribution in [1.29, 1.82) is 0 Å². The summed E-state index contributed by atoms with van der Waals surface area (Å²) in [7, 11) is 5.08. The van der Waals surface area contributed by atoms with Crippen molar-refractivity contribution in [2.75, 3.05) is 34.3 Å². The Bertz CT molecular complexity index is 1680.